The van der Waals surface area contributed by atoms with Crippen molar-refractivity contribution in [3.05, 3.63) is 71.8 Å². The molecule has 2 aromatic carbocycles. The molecule has 0 aliphatic carbocycles. The molecule has 4 rings (SSSR count). The Kier molecular flexibility index (Phi) is 8.54. The largest absolute Gasteiger partial charge is 0.381 e. The van der Waals surface area contributed by atoms with E-state index >= 15 is 0 Å². The summed E-state index contributed by atoms with van der Waals surface area (Å²) >= 11 is 0. The predicted octanol–water partition coefficient (Wildman–Crippen LogP) is 2.72. The first kappa shape index (κ1) is 22.8. The molecule has 2 atom stereocenters. The minimum Gasteiger partial charge on any atom is -0.381 e. The summed E-state index contributed by atoms with van der Waals surface area (Å²) in [6.45, 7) is 6.95. The average Bonchev–Trinajstić information content (AvgIpc) is 3.40. The zero-order valence-corrected chi connectivity index (χ0v) is 19.1. The van der Waals surface area contributed by atoms with Crippen molar-refractivity contribution in [1.82, 2.24) is 15.5 Å². The molecule has 2 heterocycles. The van der Waals surface area contributed by atoms with Crippen molar-refractivity contribution in [3.63, 3.8) is 0 Å². The summed E-state index contributed by atoms with van der Waals surface area (Å²) < 4.78 is 11.3. The van der Waals surface area contributed by atoms with Gasteiger partial charge < -0.3 is 20.1 Å². The molecular formula is C26H36N4O2. The SMILES string of the molecule is CN=C(NCC(c1ccccc1)c1ccccc1)NCC(C1CCOC1)N1CCOCC1. The second kappa shape index (κ2) is 12.0. The molecule has 6 nitrogen and oxygen atoms in total. The highest BCUT2D eigenvalue weighted by atomic mass is 16.5. The number of nitrogens with zero attached hydrogens (tertiary/aromatic N) is 2. The van der Waals surface area contributed by atoms with Gasteiger partial charge in [0.05, 0.1) is 19.8 Å². The molecule has 6 heteroatoms. The minimum atomic E-state index is 0.259. The van der Waals surface area contributed by atoms with Crippen LogP contribution in [0.1, 0.15) is 23.5 Å². The predicted molar refractivity (Wildman–Crippen MR) is 129 cm³/mol. The van der Waals surface area contributed by atoms with Crippen molar-refractivity contribution >= 4 is 5.96 Å². The van der Waals surface area contributed by atoms with E-state index in [2.05, 4.69) is 81.2 Å². The zero-order valence-electron chi connectivity index (χ0n) is 19.1. The van der Waals surface area contributed by atoms with E-state index in [1.54, 1.807) is 0 Å². The highest BCUT2D eigenvalue weighted by molar-refractivity contribution is 5.79. The molecule has 0 saturated carbocycles. The maximum Gasteiger partial charge on any atom is 0.191 e. The third kappa shape index (κ3) is 6.09. The Morgan fingerprint density at radius 1 is 0.906 bits per heavy atom. The third-order valence-corrected chi connectivity index (χ3v) is 6.60. The van der Waals surface area contributed by atoms with E-state index < -0.39 is 0 Å². The lowest BCUT2D eigenvalue weighted by Crippen LogP contribution is -2.53. The fourth-order valence-electron chi connectivity index (χ4n) is 4.78. The third-order valence-electron chi connectivity index (χ3n) is 6.60. The van der Waals surface area contributed by atoms with Crippen LogP contribution >= 0.6 is 0 Å². The number of benzene rings is 2. The first-order valence-corrected chi connectivity index (χ1v) is 11.8. The molecule has 0 spiro atoms. The first-order valence-electron chi connectivity index (χ1n) is 11.8. The van der Waals surface area contributed by atoms with Crippen molar-refractivity contribution in [2.24, 2.45) is 10.9 Å². The van der Waals surface area contributed by atoms with E-state index in [1.807, 2.05) is 7.05 Å². The molecule has 0 aromatic heterocycles. The normalized spacial score (nSPS) is 20.9. The molecule has 0 bridgehead atoms. The summed E-state index contributed by atoms with van der Waals surface area (Å²) in [5.41, 5.74) is 2.60. The monoisotopic (exact) mass is 436 g/mol. The van der Waals surface area contributed by atoms with Crippen LogP contribution in [-0.4, -0.2) is 76.6 Å². The van der Waals surface area contributed by atoms with Gasteiger partial charge in [-0.15, -0.1) is 0 Å². The molecule has 2 N–H and O–H groups in total. The standard InChI is InChI=1S/C26H36N4O2/c1-27-26(29-19-25(23-12-15-32-20-23)30-13-16-31-17-14-30)28-18-24(21-8-4-2-5-9-21)22-10-6-3-7-11-22/h2-11,23-25H,12-20H2,1H3,(H2,27,28,29). The molecule has 2 aromatic rings. The molecule has 2 saturated heterocycles. The van der Waals surface area contributed by atoms with Gasteiger partial charge in [-0.2, -0.15) is 0 Å². The molecule has 0 radical (unpaired) electrons. The van der Waals surface area contributed by atoms with Crippen LogP contribution in [0, 0.1) is 5.92 Å². The molecule has 0 amide bonds. The number of hydrogen-bond acceptors (Lipinski definition) is 4. The van der Waals surface area contributed by atoms with Gasteiger partial charge in [-0.05, 0) is 17.5 Å². The second-order valence-corrected chi connectivity index (χ2v) is 8.55. The fraction of sp³-hybridized carbons (Fsp3) is 0.500. The summed E-state index contributed by atoms with van der Waals surface area (Å²) in [4.78, 5) is 7.07. The van der Waals surface area contributed by atoms with Crippen LogP contribution in [0.2, 0.25) is 0 Å². The molecule has 2 unspecified atom stereocenters. The Labute approximate surface area is 192 Å². The lowest BCUT2D eigenvalue weighted by molar-refractivity contribution is 0.00246. The van der Waals surface area contributed by atoms with Crippen molar-refractivity contribution in [1.29, 1.82) is 0 Å². The van der Waals surface area contributed by atoms with Gasteiger partial charge in [-0.25, -0.2) is 0 Å². The molecule has 2 aliphatic rings. The first-order chi connectivity index (χ1) is 15.8. The second-order valence-electron chi connectivity index (χ2n) is 8.55. The Hall–Kier alpha value is -2.41. The summed E-state index contributed by atoms with van der Waals surface area (Å²) in [5.74, 6) is 1.66. The topological polar surface area (TPSA) is 58.1 Å². The van der Waals surface area contributed by atoms with Crippen LogP contribution in [-0.2, 0) is 9.47 Å². The minimum absolute atomic E-state index is 0.259. The van der Waals surface area contributed by atoms with Gasteiger partial charge in [-0.1, -0.05) is 60.7 Å². The highest BCUT2D eigenvalue weighted by Gasteiger charge is 2.31. The molecular weight excluding hydrogens is 400 g/mol. The Morgan fingerprint density at radius 3 is 2.09 bits per heavy atom. The summed E-state index contributed by atoms with van der Waals surface area (Å²) in [6, 6.07) is 21.8. The maximum atomic E-state index is 5.71. The number of aliphatic imine (C=N–C) groups is 1. The van der Waals surface area contributed by atoms with Gasteiger partial charge in [-0.3, -0.25) is 9.89 Å². The highest BCUT2D eigenvalue weighted by Crippen LogP contribution is 2.24. The van der Waals surface area contributed by atoms with Crippen LogP contribution in [0.25, 0.3) is 0 Å². The van der Waals surface area contributed by atoms with Crippen molar-refractivity contribution < 1.29 is 9.47 Å². The number of ether oxygens (including phenoxy) is 2. The molecule has 2 aliphatic heterocycles. The van der Waals surface area contributed by atoms with Gasteiger partial charge in [0.25, 0.3) is 0 Å². The zero-order chi connectivity index (χ0) is 22.0. The Bertz CT molecular complexity index is 779. The van der Waals surface area contributed by atoms with Crippen LogP contribution in [0.5, 0.6) is 0 Å². The van der Waals surface area contributed by atoms with E-state index in [0.29, 0.717) is 12.0 Å². The number of nitrogens with one attached hydrogen (secondary N) is 2. The van der Waals surface area contributed by atoms with Gasteiger partial charge in [0.2, 0.25) is 0 Å². The van der Waals surface area contributed by atoms with Gasteiger partial charge in [0.15, 0.2) is 5.96 Å². The molecule has 32 heavy (non-hydrogen) atoms. The quantitative estimate of drug-likeness (QED) is 0.492. The van der Waals surface area contributed by atoms with Crippen molar-refractivity contribution in [2.45, 2.75) is 18.4 Å². The lowest BCUT2D eigenvalue weighted by atomic mass is 9.91. The Morgan fingerprint density at radius 2 is 1.53 bits per heavy atom. The van der Waals surface area contributed by atoms with Gasteiger partial charge in [0.1, 0.15) is 0 Å². The molecule has 2 fully saturated rings. The number of guanidine groups is 1. The summed E-state index contributed by atoms with van der Waals surface area (Å²) in [7, 11) is 1.85. The number of rotatable bonds is 8. The number of morpholine rings is 1. The van der Waals surface area contributed by atoms with E-state index in [9.17, 15) is 0 Å². The smallest absolute Gasteiger partial charge is 0.191 e. The van der Waals surface area contributed by atoms with Crippen LogP contribution in [0.4, 0.5) is 0 Å². The van der Waals surface area contributed by atoms with E-state index in [0.717, 1.165) is 65.0 Å². The molecule has 172 valence electrons. The van der Waals surface area contributed by atoms with E-state index in [-0.39, 0.29) is 5.92 Å². The van der Waals surface area contributed by atoms with Gasteiger partial charge >= 0.3 is 0 Å². The fourth-order valence-corrected chi connectivity index (χ4v) is 4.78. The van der Waals surface area contributed by atoms with Crippen LogP contribution in [0.3, 0.4) is 0 Å². The number of hydrogen-bond donors (Lipinski definition) is 2. The average molecular weight is 437 g/mol. The lowest BCUT2D eigenvalue weighted by Gasteiger charge is -2.37. The van der Waals surface area contributed by atoms with Gasteiger partial charge in [0, 0.05) is 57.7 Å². The van der Waals surface area contributed by atoms with Crippen LogP contribution < -0.4 is 10.6 Å². The maximum absolute atomic E-state index is 5.71. The summed E-state index contributed by atoms with van der Waals surface area (Å²) in [6.07, 6.45) is 1.12. The summed E-state index contributed by atoms with van der Waals surface area (Å²) in [5, 5.41) is 7.18. The van der Waals surface area contributed by atoms with Crippen molar-refractivity contribution in [2.75, 3.05) is 59.7 Å². The van der Waals surface area contributed by atoms with Crippen LogP contribution in [0.15, 0.2) is 65.7 Å². The van der Waals surface area contributed by atoms with Crippen molar-refractivity contribution in [3.8, 4) is 0 Å². The van der Waals surface area contributed by atoms with E-state index in [4.69, 9.17) is 9.47 Å². The van der Waals surface area contributed by atoms with E-state index in [1.165, 1.54) is 11.1 Å². The Balaban J connectivity index is 1.39.